The summed E-state index contributed by atoms with van der Waals surface area (Å²) >= 11 is 0. The molecule has 0 spiro atoms. The molecule has 0 saturated carbocycles. The predicted molar refractivity (Wildman–Crippen MR) is 152 cm³/mol. The van der Waals surface area contributed by atoms with Crippen LogP contribution in [0.15, 0.2) is 57.4 Å². The van der Waals surface area contributed by atoms with Gasteiger partial charge in [0.1, 0.15) is 22.3 Å². The summed E-state index contributed by atoms with van der Waals surface area (Å²) in [5.41, 5.74) is 5.50. The van der Waals surface area contributed by atoms with Crippen molar-refractivity contribution < 1.29 is 8.83 Å². The Morgan fingerprint density at radius 2 is 0.944 bits per heavy atom. The van der Waals surface area contributed by atoms with E-state index in [1.807, 2.05) is 0 Å². The Labute approximate surface area is 214 Å². The van der Waals surface area contributed by atoms with Gasteiger partial charge in [-0.05, 0) is 61.4 Å². The molecule has 0 amide bonds. The van der Waals surface area contributed by atoms with E-state index < -0.39 is 0 Å². The molecule has 3 aromatic carbocycles. The fourth-order valence-corrected chi connectivity index (χ4v) is 4.81. The first kappa shape index (κ1) is 24.1. The number of hydrogen-bond donors (Lipinski definition) is 0. The molecule has 0 aliphatic rings. The van der Waals surface area contributed by atoms with Crippen LogP contribution in [0, 0.1) is 23.7 Å². The van der Waals surface area contributed by atoms with Gasteiger partial charge in [-0.3, -0.25) is 0 Å². The van der Waals surface area contributed by atoms with Gasteiger partial charge < -0.3 is 8.83 Å². The van der Waals surface area contributed by atoms with Crippen LogP contribution in [0.3, 0.4) is 0 Å². The summed E-state index contributed by atoms with van der Waals surface area (Å²) in [6.07, 6.45) is 11.9. The maximum Gasteiger partial charge on any atom is 0.136 e. The molecule has 0 N–H and O–H groups in total. The van der Waals surface area contributed by atoms with Crippen molar-refractivity contribution in [1.82, 2.24) is 0 Å². The van der Waals surface area contributed by atoms with Crippen LogP contribution < -0.4 is 0 Å². The second-order valence-corrected chi connectivity index (χ2v) is 9.70. The topological polar surface area (TPSA) is 26.3 Å². The Morgan fingerprint density at radius 1 is 0.500 bits per heavy atom. The first-order chi connectivity index (χ1) is 17.8. The monoisotopic (exact) mass is 474 g/mol. The van der Waals surface area contributed by atoms with Gasteiger partial charge in [-0.15, -0.1) is 0 Å². The quantitative estimate of drug-likeness (QED) is 0.165. The number of hydrogen-bond acceptors (Lipinski definition) is 2. The first-order valence-corrected chi connectivity index (χ1v) is 13.6. The summed E-state index contributed by atoms with van der Waals surface area (Å²) in [5.74, 6) is 13.2. The average Bonchev–Trinajstić information content (AvgIpc) is 3.43. The zero-order valence-corrected chi connectivity index (χ0v) is 21.5. The zero-order valence-electron chi connectivity index (χ0n) is 21.5. The molecule has 0 aliphatic heterocycles. The Hall–Kier alpha value is -3.62. The smallest absolute Gasteiger partial charge is 0.136 e. The first-order valence-electron chi connectivity index (χ1n) is 13.6. The molecule has 2 aromatic heterocycles. The van der Waals surface area contributed by atoms with Gasteiger partial charge in [-0.2, -0.15) is 0 Å². The van der Waals surface area contributed by atoms with E-state index in [1.54, 1.807) is 0 Å². The number of rotatable bonds is 8. The van der Waals surface area contributed by atoms with Crippen LogP contribution in [0.1, 0.15) is 89.2 Å². The highest BCUT2D eigenvalue weighted by Gasteiger charge is 2.13. The third-order valence-corrected chi connectivity index (χ3v) is 6.84. The fourth-order valence-electron chi connectivity index (χ4n) is 4.81. The average molecular weight is 475 g/mol. The minimum Gasteiger partial charge on any atom is -0.456 e. The van der Waals surface area contributed by atoms with E-state index in [0.717, 1.165) is 67.8 Å². The molecule has 0 unspecified atom stereocenters. The molecule has 0 atom stereocenters. The highest BCUT2D eigenvalue weighted by Crippen LogP contribution is 2.37. The van der Waals surface area contributed by atoms with E-state index in [-0.39, 0.29) is 0 Å². The number of furan rings is 2. The Morgan fingerprint density at radius 3 is 1.39 bits per heavy atom. The molecule has 0 fully saturated rings. The van der Waals surface area contributed by atoms with Gasteiger partial charge in [-0.25, -0.2) is 0 Å². The molecule has 2 heterocycles. The summed E-state index contributed by atoms with van der Waals surface area (Å²) in [4.78, 5) is 0. The van der Waals surface area contributed by atoms with Crippen molar-refractivity contribution in [3.05, 3.63) is 59.7 Å². The minimum atomic E-state index is 0.872. The largest absolute Gasteiger partial charge is 0.456 e. The second kappa shape index (κ2) is 11.4. The van der Waals surface area contributed by atoms with Gasteiger partial charge in [0.15, 0.2) is 0 Å². The van der Waals surface area contributed by atoms with Gasteiger partial charge >= 0.3 is 0 Å². The van der Waals surface area contributed by atoms with E-state index >= 15 is 0 Å². The Bertz CT molecular complexity index is 1500. The standard InChI is InChI=1S/C34H34O2/c1-3-5-7-9-11-13-15-25-17-19-27-29-23-34-30(24-33(29)35-31(27)21-25)28-20-18-26(22-32(28)36-34)16-14-12-10-8-6-4-2/h17-24H,3-12H2,1-2H3. The number of benzene rings is 3. The van der Waals surface area contributed by atoms with Gasteiger partial charge in [-0.1, -0.05) is 76.1 Å². The number of unbranched alkanes of at least 4 members (excludes halogenated alkanes) is 8. The molecule has 182 valence electrons. The van der Waals surface area contributed by atoms with E-state index in [1.165, 1.54) is 51.4 Å². The van der Waals surface area contributed by atoms with Crippen molar-refractivity contribution in [3.8, 4) is 23.7 Å². The van der Waals surface area contributed by atoms with E-state index in [2.05, 4.69) is 86.1 Å². The van der Waals surface area contributed by atoms with E-state index in [4.69, 9.17) is 8.83 Å². The third-order valence-electron chi connectivity index (χ3n) is 6.84. The van der Waals surface area contributed by atoms with E-state index in [9.17, 15) is 0 Å². The Balaban J connectivity index is 1.39. The predicted octanol–water partition coefficient (Wildman–Crippen LogP) is 10.1. The van der Waals surface area contributed by atoms with Crippen LogP contribution >= 0.6 is 0 Å². The lowest BCUT2D eigenvalue weighted by Crippen LogP contribution is -1.76. The maximum atomic E-state index is 6.26. The summed E-state index contributed by atoms with van der Waals surface area (Å²) in [6, 6.07) is 16.7. The molecule has 5 rings (SSSR count). The summed E-state index contributed by atoms with van der Waals surface area (Å²) < 4.78 is 12.5. The van der Waals surface area contributed by atoms with Crippen LogP contribution in [0.5, 0.6) is 0 Å². The molecule has 2 heteroatoms. The molecule has 0 radical (unpaired) electrons. The molecular formula is C34H34O2. The summed E-state index contributed by atoms with van der Waals surface area (Å²) in [6.45, 7) is 4.47. The summed E-state index contributed by atoms with van der Waals surface area (Å²) in [5, 5.41) is 4.33. The van der Waals surface area contributed by atoms with Crippen molar-refractivity contribution in [2.45, 2.75) is 78.1 Å². The van der Waals surface area contributed by atoms with Gasteiger partial charge in [0.25, 0.3) is 0 Å². The highest BCUT2D eigenvalue weighted by atomic mass is 16.3. The lowest BCUT2D eigenvalue weighted by Gasteiger charge is -1.93. The zero-order chi connectivity index (χ0) is 24.7. The van der Waals surface area contributed by atoms with Gasteiger partial charge in [0.2, 0.25) is 0 Å². The normalized spacial score (nSPS) is 11.2. The van der Waals surface area contributed by atoms with Crippen LogP contribution in [0.2, 0.25) is 0 Å². The molecule has 2 nitrogen and oxygen atoms in total. The lowest BCUT2D eigenvalue weighted by atomic mass is 10.1. The van der Waals surface area contributed by atoms with Crippen LogP contribution in [-0.4, -0.2) is 0 Å². The lowest BCUT2D eigenvalue weighted by molar-refractivity contribution is 0.664. The summed E-state index contributed by atoms with van der Waals surface area (Å²) in [7, 11) is 0. The van der Waals surface area contributed by atoms with Crippen molar-refractivity contribution in [2.75, 3.05) is 0 Å². The molecule has 0 aliphatic carbocycles. The SMILES string of the molecule is CCCCCCC#Cc1ccc2c(c1)oc1cc3c(cc12)oc1cc(C#CCCCCCC)ccc13. The van der Waals surface area contributed by atoms with Crippen LogP contribution in [0.25, 0.3) is 43.9 Å². The molecule has 0 saturated heterocycles. The maximum absolute atomic E-state index is 6.26. The van der Waals surface area contributed by atoms with Gasteiger partial charge in [0, 0.05) is 45.5 Å². The van der Waals surface area contributed by atoms with E-state index in [0.29, 0.717) is 0 Å². The number of fused-ring (bicyclic) bond motifs is 6. The Kier molecular flexibility index (Phi) is 7.64. The highest BCUT2D eigenvalue weighted by molar-refractivity contribution is 6.14. The second-order valence-electron chi connectivity index (χ2n) is 9.70. The van der Waals surface area contributed by atoms with Crippen LogP contribution in [-0.2, 0) is 0 Å². The van der Waals surface area contributed by atoms with Gasteiger partial charge in [0.05, 0.1) is 0 Å². The molecule has 5 aromatic rings. The molecular weight excluding hydrogens is 440 g/mol. The minimum absolute atomic E-state index is 0.872. The van der Waals surface area contributed by atoms with Crippen molar-refractivity contribution in [2.24, 2.45) is 0 Å². The van der Waals surface area contributed by atoms with Crippen molar-refractivity contribution in [3.63, 3.8) is 0 Å². The third kappa shape index (κ3) is 5.29. The fraction of sp³-hybridized carbons (Fsp3) is 0.353. The molecule has 36 heavy (non-hydrogen) atoms. The molecule has 0 bridgehead atoms. The van der Waals surface area contributed by atoms with Crippen molar-refractivity contribution >= 4 is 43.9 Å². The van der Waals surface area contributed by atoms with Crippen LogP contribution in [0.4, 0.5) is 0 Å². The van der Waals surface area contributed by atoms with Crippen molar-refractivity contribution in [1.29, 1.82) is 0 Å².